The fourth-order valence-corrected chi connectivity index (χ4v) is 1.09. The van der Waals surface area contributed by atoms with Gasteiger partial charge >= 0.3 is 0 Å². The molecule has 0 unspecified atom stereocenters. The topological polar surface area (TPSA) is 44.5 Å². The number of ether oxygens (including phenoxy) is 1. The Morgan fingerprint density at radius 3 is 2.57 bits per heavy atom. The minimum absolute atomic E-state index is 0.0124. The third-order valence-corrected chi connectivity index (χ3v) is 1.81. The van der Waals surface area contributed by atoms with Crippen molar-refractivity contribution in [2.75, 3.05) is 13.7 Å². The van der Waals surface area contributed by atoms with Crippen LogP contribution in [0.15, 0.2) is 12.1 Å². The molecule has 1 rings (SSSR count). The first-order valence-corrected chi connectivity index (χ1v) is 4.02. The predicted molar refractivity (Wildman–Crippen MR) is 46.8 cm³/mol. The van der Waals surface area contributed by atoms with Crippen LogP contribution in [0.3, 0.4) is 0 Å². The van der Waals surface area contributed by atoms with Crippen molar-refractivity contribution >= 4 is 0 Å². The lowest BCUT2D eigenvalue weighted by Crippen LogP contribution is -2.05. The Bertz CT molecular complexity index is 318. The maximum Gasteiger partial charge on any atom is 0.167 e. The summed E-state index contributed by atoms with van der Waals surface area (Å²) in [5.41, 5.74) is 0.314. The highest BCUT2D eigenvalue weighted by Crippen LogP contribution is 2.21. The molecule has 0 aromatic heterocycles. The van der Waals surface area contributed by atoms with Gasteiger partial charge in [0, 0.05) is 12.5 Å². The van der Waals surface area contributed by atoms with Crippen molar-refractivity contribution in [3.63, 3.8) is 0 Å². The molecule has 0 radical (unpaired) electrons. The van der Waals surface area contributed by atoms with Gasteiger partial charge in [-0.3, -0.25) is 0 Å². The summed E-state index contributed by atoms with van der Waals surface area (Å²) < 4.78 is 30.7. The van der Waals surface area contributed by atoms with Crippen LogP contribution in [0.1, 0.15) is 5.56 Å². The fraction of sp³-hybridized carbons (Fsp3) is 0.333. The zero-order valence-electron chi connectivity index (χ0n) is 7.72. The lowest BCUT2D eigenvalue weighted by atomic mass is 10.1. The monoisotopic (exact) mass is 203 g/mol. The quantitative estimate of drug-likeness (QED) is 0.752. The fourth-order valence-electron chi connectivity index (χ4n) is 1.09. The molecule has 1 aromatic carbocycles. The highest BCUT2D eigenvalue weighted by atomic mass is 19.1. The maximum atomic E-state index is 13.1. The normalized spacial score (nSPS) is 10.3. The van der Waals surface area contributed by atoms with Gasteiger partial charge in [0.1, 0.15) is 5.82 Å². The maximum absolute atomic E-state index is 13.1. The van der Waals surface area contributed by atoms with Gasteiger partial charge in [0.15, 0.2) is 11.6 Å². The lowest BCUT2D eigenvalue weighted by Gasteiger charge is -2.06. The first-order valence-electron chi connectivity index (χ1n) is 4.02. The first-order chi connectivity index (χ1) is 6.69. The van der Waals surface area contributed by atoms with Crippen LogP contribution < -0.4 is 10.6 Å². The van der Waals surface area contributed by atoms with Crippen molar-refractivity contribution in [2.45, 2.75) is 6.42 Å². The van der Waals surface area contributed by atoms with Crippen molar-refractivity contribution in [1.82, 2.24) is 0 Å². The van der Waals surface area contributed by atoms with Gasteiger partial charge in [0.25, 0.3) is 0 Å². The lowest BCUT2D eigenvalue weighted by molar-refractivity contribution is 0.140. The van der Waals surface area contributed by atoms with E-state index >= 15 is 0 Å². The van der Waals surface area contributed by atoms with Gasteiger partial charge in [-0.2, -0.15) is 0 Å². The third-order valence-electron chi connectivity index (χ3n) is 1.81. The zero-order valence-corrected chi connectivity index (χ0v) is 7.72. The number of halogens is 2. The molecule has 0 aliphatic heterocycles. The van der Waals surface area contributed by atoms with E-state index in [-0.39, 0.29) is 18.8 Å². The molecular formula is C9H11F2NO2. The Morgan fingerprint density at radius 2 is 2.00 bits per heavy atom. The van der Waals surface area contributed by atoms with E-state index in [1.54, 1.807) is 0 Å². The van der Waals surface area contributed by atoms with E-state index in [2.05, 4.69) is 4.84 Å². The van der Waals surface area contributed by atoms with E-state index in [0.717, 1.165) is 6.07 Å². The molecule has 78 valence electrons. The van der Waals surface area contributed by atoms with Crippen molar-refractivity contribution < 1.29 is 18.4 Å². The minimum atomic E-state index is -0.720. The van der Waals surface area contributed by atoms with Crippen LogP contribution in [0.25, 0.3) is 0 Å². The van der Waals surface area contributed by atoms with E-state index in [9.17, 15) is 8.78 Å². The molecule has 0 atom stereocenters. The van der Waals surface area contributed by atoms with Crippen molar-refractivity contribution in [3.05, 3.63) is 29.3 Å². The van der Waals surface area contributed by atoms with Crippen LogP contribution in [0.5, 0.6) is 5.75 Å². The summed E-state index contributed by atoms with van der Waals surface area (Å²) in [7, 11) is 1.32. The third kappa shape index (κ3) is 2.40. The Labute approximate surface area is 80.4 Å². The second-order valence-electron chi connectivity index (χ2n) is 2.70. The Kier molecular flexibility index (Phi) is 3.79. The van der Waals surface area contributed by atoms with Crippen molar-refractivity contribution in [3.8, 4) is 5.75 Å². The Morgan fingerprint density at radius 1 is 1.29 bits per heavy atom. The van der Waals surface area contributed by atoms with E-state index in [0.29, 0.717) is 5.56 Å². The summed E-state index contributed by atoms with van der Waals surface area (Å²) in [6.45, 7) is 0.172. The Hall–Kier alpha value is -1.20. The highest BCUT2D eigenvalue weighted by molar-refractivity contribution is 5.31. The largest absolute Gasteiger partial charge is 0.494 e. The van der Waals surface area contributed by atoms with Gasteiger partial charge in [-0.1, -0.05) is 0 Å². The van der Waals surface area contributed by atoms with Gasteiger partial charge < -0.3 is 9.57 Å². The number of hydrogen-bond donors (Lipinski definition) is 1. The highest BCUT2D eigenvalue weighted by Gasteiger charge is 2.09. The van der Waals surface area contributed by atoms with Crippen LogP contribution in [0, 0.1) is 11.6 Å². The molecule has 3 nitrogen and oxygen atoms in total. The zero-order chi connectivity index (χ0) is 10.6. The van der Waals surface area contributed by atoms with E-state index in [1.165, 1.54) is 13.2 Å². The summed E-state index contributed by atoms with van der Waals surface area (Å²) in [5.74, 6) is 3.47. The van der Waals surface area contributed by atoms with E-state index < -0.39 is 11.6 Å². The average molecular weight is 203 g/mol. The second-order valence-corrected chi connectivity index (χ2v) is 2.70. The number of methoxy groups -OCH3 is 1. The summed E-state index contributed by atoms with van der Waals surface area (Å²) in [4.78, 5) is 4.30. The molecular weight excluding hydrogens is 192 g/mol. The Balaban J connectivity index is 2.92. The summed E-state index contributed by atoms with van der Waals surface area (Å²) in [6.07, 6.45) is 0.277. The number of rotatable bonds is 4. The molecule has 2 N–H and O–H groups in total. The van der Waals surface area contributed by atoms with Crippen LogP contribution in [0.4, 0.5) is 8.78 Å². The molecule has 0 fully saturated rings. The molecule has 0 spiro atoms. The minimum Gasteiger partial charge on any atom is -0.494 e. The van der Waals surface area contributed by atoms with Crippen LogP contribution in [0.2, 0.25) is 0 Å². The average Bonchev–Trinajstić information content (AvgIpc) is 2.17. The molecule has 1 aromatic rings. The molecule has 14 heavy (non-hydrogen) atoms. The van der Waals surface area contributed by atoms with Crippen LogP contribution in [-0.4, -0.2) is 13.7 Å². The standard InChI is InChI=1S/C9H11F2NO2/c1-13-9-4-6(2-3-14-12)7(10)5-8(9)11/h4-5H,2-3,12H2,1H3. The van der Waals surface area contributed by atoms with E-state index in [4.69, 9.17) is 10.6 Å². The number of benzene rings is 1. The summed E-state index contributed by atoms with van der Waals surface area (Å²) in [5, 5.41) is 0. The van der Waals surface area contributed by atoms with Gasteiger partial charge in [-0.05, 0) is 11.6 Å². The van der Waals surface area contributed by atoms with Gasteiger partial charge in [-0.25, -0.2) is 14.7 Å². The molecule has 0 amide bonds. The van der Waals surface area contributed by atoms with Gasteiger partial charge in [0.05, 0.1) is 13.7 Å². The smallest absolute Gasteiger partial charge is 0.167 e. The summed E-state index contributed by atoms with van der Waals surface area (Å²) in [6, 6.07) is 2.08. The first kappa shape index (κ1) is 10.9. The number of hydrogen-bond acceptors (Lipinski definition) is 3. The van der Waals surface area contributed by atoms with E-state index in [1.807, 2.05) is 0 Å². The molecule has 5 heteroatoms. The molecule has 0 saturated heterocycles. The van der Waals surface area contributed by atoms with Crippen molar-refractivity contribution in [1.29, 1.82) is 0 Å². The molecule has 0 aliphatic carbocycles. The van der Waals surface area contributed by atoms with Gasteiger partial charge in [0.2, 0.25) is 0 Å². The molecule has 0 heterocycles. The van der Waals surface area contributed by atoms with Gasteiger partial charge in [-0.15, -0.1) is 0 Å². The van der Waals surface area contributed by atoms with Crippen LogP contribution >= 0.6 is 0 Å². The molecule has 0 aliphatic rings. The number of nitrogens with two attached hydrogens (primary N) is 1. The molecule has 0 bridgehead atoms. The SMILES string of the molecule is COc1cc(CCON)c(F)cc1F. The summed E-state index contributed by atoms with van der Waals surface area (Å²) >= 11 is 0. The van der Waals surface area contributed by atoms with Crippen molar-refractivity contribution in [2.24, 2.45) is 5.90 Å². The molecule has 0 saturated carbocycles. The predicted octanol–water partition coefficient (Wildman–Crippen LogP) is 1.41. The second kappa shape index (κ2) is 4.88. The van der Waals surface area contributed by atoms with Crippen LogP contribution in [-0.2, 0) is 11.3 Å².